The predicted octanol–water partition coefficient (Wildman–Crippen LogP) is 4.26. The van der Waals surface area contributed by atoms with E-state index >= 15 is 0 Å². The van der Waals surface area contributed by atoms with Crippen LogP contribution in [0.1, 0.15) is 32.8 Å². The van der Waals surface area contributed by atoms with Crippen LogP contribution in [0.25, 0.3) is 0 Å². The van der Waals surface area contributed by atoms with Crippen molar-refractivity contribution in [2.75, 3.05) is 13.2 Å². The summed E-state index contributed by atoms with van der Waals surface area (Å²) < 4.78 is 32.7. The van der Waals surface area contributed by atoms with Gasteiger partial charge in [-0.05, 0) is 30.7 Å². The zero-order chi connectivity index (χ0) is 17.8. The van der Waals surface area contributed by atoms with E-state index in [1.54, 1.807) is 12.1 Å². The molecule has 1 aliphatic heterocycles. The Kier molecular flexibility index (Phi) is 5.86. The lowest BCUT2D eigenvalue weighted by atomic mass is 9.97. The van der Waals surface area contributed by atoms with Crippen molar-refractivity contribution >= 4 is 13.8 Å². The van der Waals surface area contributed by atoms with E-state index in [-0.39, 0.29) is 18.6 Å². The molecule has 0 N–H and O–H groups in total. The maximum atomic E-state index is 12.3. The zero-order valence-corrected chi connectivity index (χ0v) is 15.1. The van der Waals surface area contributed by atoms with Gasteiger partial charge in [0.25, 0.3) is 0 Å². The summed E-state index contributed by atoms with van der Waals surface area (Å²) in [6.45, 7) is 9.74. The van der Waals surface area contributed by atoms with Gasteiger partial charge in [-0.15, -0.1) is 0 Å². The number of benzene rings is 1. The summed E-state index contributed by atoms with van der Waals surface area (Å²) in [5.41, 5.74) is 0.891. The summed E-state index contributed by atoms with van der Waals surface area (Å²) in [5, 5.41) is 0. The van der Waals surface area contributed by atoms with E-state index in [9.17, 15) is 9.36 Å². The van der Waals surface area contributed by atoms with Crippen molar-refractivity contribution in [1.82, 2.24) is 0 Å². The van der Waals surface area contributed by atoms with Crippen molar-refractivity contribution in [3.05, 3.63) is 42.2 Å². The van der Waals surface area contributed by atoms with Gasteiger partial charge in [0, 0.05) is 5.41 Å². The van der Waals surface area contributed by atoms with Gasteiger partial charge in [-0.25, -0.2) is 9.36 Å². The van der Waals surface area contributed by atoms with Gasteiger partial charge in [0.05, 0.1) is 13.2 Å². The van der Waals surface area contributed by atoms with Crippen LogP contribution in [0.4, 0.5) is 0 Å². The number of aryl methyl sites for hydroxylation is 1. The molecule has 0 spiro atoms. The van der Waals surface area contributed by atoms with Crippen molar-refractivity contribution in [3.8, 4) is 5.75 Å². The first kappa shape index (κ1) is 18.7. The monoisotopic (exact) mass is 354 g/mol. The molecule has 2 rings (SSSR count). The third kappa shape index (κ3) is 5.20. The molecule has 0 atom stereocenters. The molecule has 0 aliphatic carbocycles. The first-order valence-electron chi connectivity index (χ1n) is 7.82. The molecular formula is C17H23O6P. The zero-order valence-electron chi connectivity index (χ0n) is 14.2. The number of ether oxygens (including phenoxy) is 1. The molecule has 0 amide bonds. The summed E-state index contributed by atoms with van der Waals surface area (Å²) >= 11 is 0. The molecule has 1 aromatic rings. The smallest absolute Gasteiger partial charge is 0.421 e. The first-order valence-corrected chi connectivity index (χ1v) is 9.28. The largest absolute Gasteiger partial charge is 0.530 e. The number of hydrogen-bond acceptors (Lipinski definition) is 6. The van der Waals surface area contributed by atoms with Crippen LogP contribution in [0, 0.1) is 5.41 Å². The van der Waals surface area contributed by atoms with Crippen molar-refractivity contribution < 1.29 is 27.7 Å². The lowest BCUT2D eigenvalue weighted by Gasteiger charge is -2.32. The number of phosphoric ester groups is 1. The molecule has 24 heavy (non-hydrogen) atoms. The Morgan fingerprint density at radius 1 is 1.25 bits per heavy atom. The molecule has 1 saturated heterocycles. The van der Waals surface area contributed by atoms with E-state index in [4.69, 9.17) is 18.3 Å². The maximum Gasteiger partial charge on any atom is 0.530 e. The van der Waals surface area contributed by atoms with Gasteiger partial charge in [-0.2, -0.15) is 0 Å². The number of carbonyl (C=O) groups is 1. The summed E-state index contributed by atoms with van der Waals surface area (Å²) in [6, 6.07) is 7.14. The normalized spacial score (nSPS) is 18.6. The van der Waals surface area contributed by atoms with E-state index in [0.29, 0.717) is 5.75 Å². The fraction of sp³-hybridized carbons (Fsp3) is 0.471. The molecule has 0 bridgehead atoms. The van der Waals surface area contributed by atoms with Crippen LogP contribution in [-0.2, 0) is 29.4 Å². The fourth-order valence-electron chi connectivity index (χ4n) is 1.99. The van der Waals surface area contributed by atoms with Crippen LogP contribution >= 0.6 is 7.82 Å². The minimum atomic E-state index is -3.83. The molecular weight excluding hydrogens is 331 g/mol. The third-order valence-corrected chi connectivity index (χ3v) is 4.68. The first-order chi connectivity index (χ1) is 11.2. The van der Waals surface area contributed by atoms with Crippen LogP contribution in [-0.4, -0.2) is 19.2 Å². The van der Waals surface area contributed by atoms with Gasteiger partial charge in [-0.1, -0.05) is 39.3 Å². The molecule has 0 unspecified atom stereocenters. The molecule has 6 nitrogen and oxygen atoms in total. The van der Waals surface area contributed by atoms with Crippen LogP contribution in [0.2, 0.25) is 0 Å². The second-order valence-corrected chi connectivity index (χ2v) is 8.05. The summed E-state index contributed by atoms with van der Waals surface area (Å²) in [7, 11) is -3.83. The van der Waals surface area contributed by atoms with Crippen molar-refractivity contribution in [3.63, 3.8) is 0 Å². The van der Waals surface area contributed by atoms with Crippen molar-refractivity contribution in [2.45, 2.75) is 33.6 Å². The van der Waals surface area contributed by atoms with Crippen LogP contribution in [0.5, 0.6) is 5.75 Å². The minimum absolute atomic E-state index is 0.200. The Morgan fingerprint density at radius 3 is 2.38 bits per heavy atom. The highest BCUT2D eigenvalue weighted by Crippen LogP contribution is 2.55. The Balaban J connectivity index is 1.90. The van der Waals surface area contributed by atoms with Crippen molar-refractivity contribution in [1.29, 1.82) is 0 Å². The molecule has 1 aliphatic rings. The van der Waals surface area contributed by atoms with Gasteiger partial charge in [0.15, 0.2) is 0 Å². The highest BCUT2D eigenvalue weighted by atomic mass is 31.2. The molecule has 1 heterocycles. The molecule has 1 aromatic carbocycles. The Morgan fingerprint density at radius 2 is 1.83 bits per heavy atom. The molecule has 0 aromatic heterocycles. The summed E-state index contributed by atoms with van der Waals surface area (Å²) in [5.74, 6) is -0.907. The maximum absolute atomic E-state index is 12.3. The van der Waals surface area contributed by atoms with Crippen LogP contribution < -0.4 is 4.74 Å². The van der Waals surface area contributed by atoms with E-state index in [1.165, 1.54) is 0 Å². The number of hydrogen-bond donors (Lipinski definition) is 0. The minimum Gasteiger partial charge on any atom is -0.421 e. The van der Waals surface area contributed by atoms with Crippen LogP contribution in [0.3, 0.4) is 0 Å². The van der Waals surface area contributed by atoms with E-state index in [2.05, 4.69) is 13.5 Å². The second-order valence-electron chi connectivity index (χ2n) is 6.46. The molecule has 0 saturated carbocycles. The third-order valence-electron chi connectivity index (χ3n) is 3.35. The van der Waals surface area contributed by atoms with E-state index in [1.807, 2.05) is 26.0 Å². The second kappa shape index (κ2) is 7.51. The molecule has 1 fully saturated rings. The average molecular weight is 354 g/mol. The van der Waals surface area contributed by atoms with E-state index < -0.39 is 19.6 Å². The lowest BCUT2D eigenvalue weighted by Crippen LogP contribution is -2.30. The number of carbonyl (C=O) groups excluding carboxylic acids is 1. The van der Waals surface area contributed by atoms with Gasteiger partial charge < -0.3 is 9.26 Å². The van der Waals surface area contributed by atoms with Crippen LogP contribution in [0.15, 0.2) is 36.6 Å². The number of phosphoric acid groups is 1. The standard InChI is InChI=1S/C17H23O6P/c1-5-6-14-7-9-15(10-8-14)22-16(18)13(2)23-24(19)20-11-17(3,4)12-21-24/h7-10H,2,5-6,11-12H2,1,3-4H3. The fourth-order valence-corrected chi connectivity index (χ4v) is 3.53. The average Bonchev–Trinajstić information content (AvgIpc) is 2.53. The van der Waals surface area contributed by atoms with Gasteiger partial charge in [0.1, 0.15) is 5.75 Å². The summed E-state index contributed by atoms with van der Waals surface area (Å²) in [4.78, 5) is 12.0. The van der Waals surface area contributed by atoms with Crippen molar-refractivity contribution in [2.24, 2.45) is 5.41 Å². The number of esters is 1. The quantitative estimate of drug-likeness (QED) is 0.250. The predicted molar refractivity (Wildman–Crippen MR) is 89.6 cm³/mol. The molecule has 132 valence electrons. The topological polar surface area (TPSA) is 71.1 Å². The van der Waals surface area contributed by atoms with Gasteiger partial charge in [0.2, 0.25) is 5.76 Å². The van der Waals surface area contributed by atoms with E-state index in [0.717, 1.165) is 18.4 Å². The van der Waals surface area contributed by atoms with Gasteiger partial charge >= 0.3 is 13.8 Å². The Hall–Kier alpha value is -1.62. The Labute approximate surface area is 142 Å². The SMILES string of the molecule is C=C(OP1(=O)OCC(C)(C)CO1)C(=O)Oc1ccc(CCC)cc1. The highest BCUT2D eigenvalue weighted by Gasteiger charge is 2.40. The van der Waals surface area contributed by atoms with Gasteiger partial charge in [-0.3, -0.25) is 9.05 Å². The number of rotatable bonds is 6. The highest BCUT2D eigenvalue weighted by molar-refractivity contribution is 7.48. The Bertz CT molecular complexity index is 636. The molecule has 7 heteroatoms. The lowest BCUT2D eigenvalue weighted by molar-refractivity contribution is -0.133. The molecule has 0 radical (unpaired) electrons. The summed E-state index contributed by atoms with van der Waals surface area (Å²) in [6.07, 6.45) is 1.99.